The van der Waals surface area contributed by atoms with Crippen LogP contribution in [-0.2, 0) is 0 Å². The number of nitrogens with two attached hydrogens (primary N) is 1. The summed E-state index contributed by atoms with van der Waals surface area (Å²) < 4.78 is 2.03. The van der Waals surface area contributed by atoms with E-state index in [0.717, 1.165) is 16.9 Å². The summed E-state index contributed by atoms with van der Waals surface area (Å²) in [5, 5.41) is 0. The fraction of sp³-hybridized carbons (Fsp3) is 0.0667. The predicted octanol–water partition coefficient (Wildman–Crippen LogP) is 2.82. The van der Waals surface area contributed by atoms with Crippen molar-refractivity contribution in [3.8, 4) is 16.9 Å². The molecule has 4 heteroatoms. The Bertz CT molecular complexity index is 655. The standard InChI is InChI=1S/C15H14N4/c1-11-4-2-3-5-14(11)19-10-18-9-15(19)12-8-17-7-6-13(12)16/h2-10H,1H3,(H2,16,17). The Morgan fingerprint density at radius 3 is 2.68 bits per heavy atom. The smallest absolute Gasteiger partial charge is 0.0997 e. The third-order valence-corrected chi connectivity index (χ3v) is 3.14. The topological polar surface area (TPSA) is 56.7 Å². The van der Waals surface area contributed by atoms with Crippen molar-refractivity contribution in [3.63, 3.8) is 0 Å². The average molecular weight is 250 g/mol. The molecule has 2 aromatic heterocycles. The first kappa shape index (κ1) is 11.5. The van der Waals surface area contributed by atoms with Crippen molar-refractivity contribution in [3.05, 3.63) is 60.8 Å². The first-order valence-corrected chi connectivity index (χ1v) is 6.05. The summed E-state index contributed by atoms with van der Waals surface area (Å²) in [5.74, 6) is 0. The second-order valence-corrected chi connectivity index (χ2v) is 4.40. The van der Waals surface area contributed by atoms with Gasteiger partial charge in [0.2, 0.25) is 0 Å². The lowest BCUT2D eigenvalue weighted by molar-refractivity contribution is 1.04. The first-order chi connectivity index (χ1) is 9.27. The Kier molecular flexibility index (Phi) is 2.76. The van der Waals surface area contributed by atoms with Crippen molar-refractivity contribution >= 4 is 5.69 Å². The van der Waals surface area contributed by atoms with Gasteiger partial charge in [0.05, 0.1) is 23.9 Å². The number of rotatable bonds is 2. The van der Waals surface area contributed by atoms with Gasteiger partial charge in [-0.25, -0.2) is 4.98 Å². The maximum Gasteiger partial charge on any atom is 0.0997 e. The molecular formula is C15H14N4. The molecule has 0 saturated carbocycles. The summed E-state index contributed by atoms with van der Waals surface area (Å²) in [6.07, 6.45) is 7.05. The molecule has 0 fully saturated rings. The van der Waals surface area contributed by atoms with Crippen LogP contribution in [0.2, 0.25) is 0 Å². The molecule has 1 aromatic carbocycles. The van der Waals surface area contributed by atoms with Crippen molar-refractivity contribution in [2.24, 2.45) is 0 Å². The molecule has 0 aliphatic carbocycles. The van der Waals surface area contributed by atoms with Gasteiger partial charge in [-0.1, -0.05) is 18.2 Å². The van der Waals surface area contributed by atoms with E-state index in [1.54, 1.807) is 31.0 Å². The molecule has 0 aliphatic heterocycles. The van der Waals surface area contributed by atoms with Crippen LogP contribution in [0.25, 0.3) is 16.9 Å². The first-order valence-electron chi connectivity index (χ1n) is 6.05. The van der Waals surface area contributed by atoms with E-state index in [1.807, 2.05) is 16.7 Å². The summed E-state index contributed by atoms with van der Waals surface area (Å²) in [5.41, 5.74) is 10.8. The van der Waals surface area contributed by atoms with Gasteiger partial charge in [0.15, 0.2) is 0 Å². The molecule has 94 valence electrons. The number of hydrogen-bond acceptors (Lipinski definition) is 3. The molecule has 0 spiro atoms. The predicted molar refractivity (Wildman–Crippen MR) is 75.9 cm³/mol. The fourth-order valence-corrected chi connectivity index (χ4v) is 2.14. The maximum absolute atomic E-state index is 6.02. The molecule has 3 aromatic rings. The number of hydrogen-bond donors (Lipinski definition) is 1. The van der Waals surface area contributed by atoms with Crippen LogP contribution in [0, 0.1) is 6.92 Å². The Labute approximate surface area is 111 Å². The van der Waals surface area contributed by atoms with Gasteiger partial charge >= 0.3 is 0 Å². The van der Waals surface area contributed by atoms with Gasteiger partial charge in [-0.3, -0.25) is 9.55 Å². The quantitative estimate of drug-likeness (QED) is 0.760. The lowest BCUT2D eigenvalue weighted by Crippen LogP contribution is -2.00. The zero-order valence-electron chi connectivity index (χ0n) is 10.6. The molecule has 2 heterocycles. The summed E-state index contributed by atoms with van der Waals surface area (Å²) >= 11 is 0. The Hall–Kier alpha value is -2.62. The number of aryl methyl sites for hydroxylation is 1. The van der Waals surface area contributed by atoms with E-state index in [0.29, 0.717) is 5.69 Å². The zero-order chi connectivity index (χ0) is 13.2. The molecule has 2 N–H and O–H groups in total. The monoisotopic (exact) mass is 250 g/mol. The number of pyridine rings is 1. The third-order valence-electron chi connectivity index (χ3n) is 3.14. The van der Waals surface area contributed by atoms with E-state index < -0.39 is 0 Å². The number of aromatic nitrogens is 3. The summed E-state index contributed by atoms with van der Waals surface area (Å²) in [7, 11) is 0. The second-order valence-electron chi connectivity index (χ2n) is 4.40. The van der Waals surface area contributed by atoms with E-state index in [9.17, 15) is 0 Å². The van der Waals surface area contributed by atoms with Gasteiger partial charge in [0, 0.05) is 23.6 Å². The summed E-state index contributed by atoms with van der Waals surface area (Å²) in [6.45, 7) is 2.08. The zero-order valence-corrected chi connectivity index (χ0v) is 10.6. The number of para-hydroxylation sites is 1. The molecular weight excluding hydrogens is 236 g/mol. The normalized spacial score (nSPS) is 10.6. The van der Waals surface area contributed by atoms with Crippen molar-refractivity contribution in [1.82, 2.24) is 14.5 Å². The molecule has 0 atom stereocenters. The largest absolute Gasteiger partial charge is 0.398 e. The highest BCUT2D eigenvalue weighted by molar-refractivity contribution is 5.74. The number of nitrogen functional groups attached to an aromatic ring is 1. The highest BCUT2D eigenvalue weighted by Gasteiger charge is 2.10. The lowest BCUT2D eigenvalue weighted by atomic mass is 10.1. The third kappa shape index (κ3) is 1.97. The molecule has 0 aliphatic rings. The van der Waals surface area contributed by atoms with Crippen LogP contribution in [0.5, 0.6) is 0 Å². The summed E-state index contributed by atoms with van der Waals surface area (Å²) in [6, 6.07) is 9.97. The molecule has 0 saturated heterocycles. The van der Waals surface area contributed by atoms with Crippen molar-refractivity contribution in [2.45, 2.75) is 6.92 Å². The van der Waals surface area contributed by atoms with Crippen LogP contribution in [0.15, 0.2) is 55.2 Å². The van der Waals surface area contributed by atoms with Crippen LogP contribution in [-0.4, -0.2) is 14.5 Å². The number of anilines is 1. The van der Waals surface area contributed by atoms with Gasteiger partial charge in [-0.15, -0.1) is 0 Å². The molecule has 0 bridgehead atoms. The molecule has 0 radical (unpaired) electrons. The lowest BCUT2D eigenvalue weighted by Gasteiger charge is -2.11. The summed E-state index contributed by atoms with van der Waals surface area (Å²) in [4.78, 5) is 8.37. The molecule has 19 heavy (non-hydrogen) atoms. The molecule has 0 unspecified atom stereocenters. The second kappa shape index (κ2) is 4.57. The minimum Gasteiger partial charge on any atom is -0.398 e. The van der Waals surface area contributed by atoms with Gasteiger partial charge in [0.1, 0.15) is 0 Å². The molecule has 0 amide bonds. The van der Waals surface area contributed by atoms with Crippen LogP contribution in [0.4, 0.5) is 5.69 Å². The Balaban J connectivity index is 2.20. The van der Waals surface area contributed by atoms with E-state index in [-0.39, 0.29) is 0 Å². The Morgan fingerprint density at radius 1 is 1.05 bits per heavy atom. The number of nitrogens with zero attached hydrogens (tertiary/aromatic N) is 3. The van der Waals surface area contributed by atoms with Crippen LogP contribution in [0.1, 0.15) is 5.56 Å². The minimum atomic E-state index is 0.699. The van der Waals surface area contributed by atoms with Gasteiger partial charge in [0.25, 0.3) is 0 Å². The number of benzene rings is 1. The van der Waals surface area contributed by atoms with Crippen molar-refractivity contribution in [2.75, 3.05) is 5.73 Å². The maximum atomic E-state index is 6.02. The van der Waals surface area contributed by atoms with Gasteiger partial charge in [-0.05, 0) is 24.6 Å². The molecule has 3 rings (SSSR count). The minimum absolute atomic E-state index is 0.699. The van der Waals surface area contributed by atoms with E-state index in [2.05, 4.69) is 29.0 Å². The highest BCUT2D eigenvalue weighted by atomic mass is 15.1. The van der Waals surface area contributed by atoms with Crippen LogP contribution in [0.3, 0.4) is 0 Å². The highest BCUT2D eigenvalue weighted by Crippen LogP contribution is 2.27. The fourth-order valence-electron chi connectivity index (χ4n) is 2.14. The van der Waals surface area contributed by atoms with Crippen molar-refractivity contribution < 1.29 is 0 Å². The van der Waals surface area contributed by atoms with E-state index >= 15 is 0 Å². The van der Waals surface area contributed by atoms with Crippen molar-refractivity contribution in [1.29, 1.82) is 0 Å². The van der Waals surface area contributed by atoms with Crippen LogP contribution < -0.4 is 5.73 Å². The SMILES string of the molecule is Cc1ccccc1-n1cncc1-c1cnccc1N. The van der Waals surface area contributed by atoms with Gasteiger partial charge in [-0.2, -0.15) is 0 Å². The average Bonchev–Trinajstić information content (AvgIpc) is 2.89. The molecule has 4 nitrogen and oxygen atoms in total. The van der Waals surface area contributed by atoms with Crippen LogP contribution >= 0.6 is 0 Å². The van der Waals surface area contributed by atoms with E-state index in [4.69, 9.17) is 5.73 Å². The Morgan fingerprint density at radius 2 is 1.89 bits per heavy atom. The van der Waals surface area contributed by atoms with E-state index in [1.165, 1.54) is 5.56 Å². The number of imidazole rings is 1. The van der Waals surface area contributed by atoms with Gasteiger partial charge < -0.3 is 5.73 Å².